The van der Waals surface area contributed by atoms with Crippen LogP contribution in [0.25, 0.3) is 0 Å². The summed E-state index contributed by atoms with van der Waals surface area (Å²) >= 11 is 0. The van der Waals surface area contributed by atoms with Gasteiger partial charge in [0, 0.05) is 18.2 Å². The molecule has 0 bridgehead atoms. The topological polar surface area (TPSA) is 101 Å². The SMILES string of the molecule is Cc1cc(C#CCCO)ccc1NS(=O)(=O)CS(C)(=O)=O. The third-order valence-corrected chi connectivity index (χ3v) is 5.82. The highest BCUT2D eigenvalue weighted by molar-refractivity contribution is 8.08. The number of hydrogen-bond donors (Lipinski definition) is 2. The van der Waals surface area contributed by atoms with Gasteiger partial charge in [0.2, 0.25) is 10.0 Å². The fourth-order valence-electron chi connectivity index (χ4n) is 1.56. The first-order chi connectivity index (χ1) is 9.63. The van der Waals surface area contributed by atoms with E-state index in [9.17, 15) is 16.8 Å². The Labute approximate surface area is 125 Å². The summed E-state index contributed by atoms with van der Waals surface area (Å²) in [7, 11) is -7.59. The third kappa shape index (κ3) is 6.62. The van der Waals surface area contributed by atoms with Crippen LogP contribution in [0.15, 0.2) is 18.2 Å². The molecule has 0 radical (unpaired) electrons. The molecule has 0 saturated carbocycles. The molecule has 0 unspecified atom stereocenters. The van der Waals surface area contributed by atoms with Crippen molar-refractivity contribution < 1.29 is 21.9 Å². The van der Waals surface area contributed by atoms with Gasteiger partial charge in [0.05, 0.1) is 12.3 Å². The first-order valence-corrected chi connectivity index (χ1v) is 9.73. The first kappa shape index (κ1) is 17.5. The van der Waals surface area contributed by atoms with Crippen LogP contribution in [-0.4, -0.2) is 39.9 Å². The largest absolute Gasteiger partial charge is 0.395 e. The first-order valence-electron chi connectivity index (χ1n) is 6.01. The minimum atomic E-state index is -3.96. The summed E-state index contributed by atoms with van der Waals surface area (Å²) in [5.41, 5.74) is 1.63. The van der Waals surface area contributed by atoms with Crippen LogP contribution in [-0.2, 0) is 19.9 Å². The van der Waals surface area contributed by atoms with Gasteiger partial charge < -0.3 is 5.11 Å². The average molecular weight is 331 g/mol. The fraction of sp³-hybridized carbons (Fsp3) is 0.385. The van der Waals surface area contributed by atoms with Crippen LogP contribution in [0.5, 0.6) is 0 Å². The van der Waals surface area contributed by atoms with E-state index in [-0.39, 0.29) is 6.61 Å². The predicted octanol–water partition coefficient (Wildman–Crippen LogP) is 0.473. The number of sulfone groups is 1. The Morgan fingerprint density at radius 1 is 1.24 bits per heavy atom. The highest BCUT2D eigenvalue weighted by Crippen LogP contribution is 2.18. The highest BCUT2D eigenvalue weighted by atomic mass is 32.3. The van der Waals surface area contributed by atoms with Gasteiger partial charge in [-0.05, 0) is 30.7 Å². The minimum Gasteiger partial charge on any atom is -0.395 e. The molecular weight excluding hydrogens is 314 g/mol. The molecular formula is C13H17NO5S2. The molecule has 8 heteroatoms. The van der Waals surface area contributed by atoms with E-state index in [0.29, 0.717) is 23.2 Å². The van der Waals surface area contributed by atoms with Gasteiger partial charge in [-0.25, -0.2) is 16.8 Å². The van der Waals surface area contributed by atoms with E-state index in [1.54, 1.807) is 19.1 Å². The smallest absolute Gasteiger partial charge is 0.247 e. The maximum atomic E-state index is 11.7. The molecule has 0 aromatic heterocycles. The Kier molecular flexibility index (Phi) is 5.78. The van der Waals surface area contributed by atoms with Crippen molar-refractivity contribution in [3.05, 3.63) is 29.3 Å². The van der Waals surface area contributed by atoms with Gasteiger partial charge in [0.1, 0.15) is 0 Å². The number of nitrogens with one attached hydrogen (secondary N) is 1. The molecule has 1 rings (SSSR count). The zero-order chi connectivity index (χ0) is 16.1. The van der Waals surface area contributed by atoms with Gasteiger partial charge in [-0.2, -0.15) is 0 Å². The lowest BCUT2D eigenvalue weighted by atomic mass is 10.1. The Morgan fingerprint density at radius 2 is 1.90 bits per heavy atom. The molecule has 2 N–H and O–H groups in total. The zero-order valence-corrected chi connectivity index (χ0v) is 13.4. The van der Waals surface area contributed by atoms with Crippen LogP contribution >= 0.6 is 0 Å². The molecule has 1 aromatic carbocycles. The quantitative estimate of drug-likeness (QED) is 0.764. The van der Waals surface area contributed by atoms with Gasteiger partial charge in [0.25, 0.3) is 0 Å². The van der Waals surface area contributed by atoms with E-state index in [0.717, 1.165) is 6.26 Å². The number of hydrogen-bond acceptors (Lipinski definition) is 5. The highest BCUT2D eigenvalue weighted by Gasteiger charge is 2.18. The van der Waals surface area contributed by atoms with Crippen LogP contribution in [0.3, 0.4) is 0 Å². The summed E-state index contributed by atoms with van der Waals surface area (Å²) < 4.78 is 47.8. The van der Waals surface area contributed by atoms with Crippen molar-refractivity contribution in [2.45, 2.75) is 13.3 Å². The zero-order valence-electron chi connectivity index (χ0n) is 11.8. The van der Waals surface area contributed by atoms with Crippen molar-refractivity contribution in [3.63, 3.8) is 0 Å². The lowest BCUT2D eigenvalue weighted by Crippen LogP contribution is -2.22. The summed E-state index contributed by atoms with van der Waals surface area (Å²) in [5.74, 6) is 5.59. The van der Waals surface area contributed by atoms with Gasteiger partial charge in [0.15, 0.2) is 14.9 Å². The van der Waals surface area contributed by atoms with Gasteiger partial charge >= 0.3 is 0 Å². The molecule has 0 saturated heterocycles. The van der Waals surface area contributed by atoms with E-state index in [1.165, 1.54) is 6.07 Å². The number of aryl methyl sites for hydroxylation is 1. The summed E-state index contributed by atoms with van der Waals surface area (Å²) in [6.45, 7) is 1.67. The Hall–Kier alpha value is -1.56. The Balaban J connectivity index is 2.94. The third-order valence-electron chi connectivity index (χ3n) is 2.33. The van der Waals surface area contributed by atoms with E-state index < -0.39 is 24.9 Å². The van der Waals surface area contributed by atoms with E-state index >= 15 is 0 Å². The van der Waals surface area contributed by atoms with Crippen LogP contribution in [0.2, 0.25) is 0 Å². The van der Waals surface area contributed by atoms with Crippen molar-refractivity contribution >= 4 is 25.5 Å². The summed E-state index contributed by atoms with van der Waals surface area (Å²) in [6, 6.07) is 4.83. The standard InChI is InChI=1S/C13H17NO5S2/c1-11-9-12(5-3-4-8-15)6-7-13(11)14-21(18,19)10-20(2,16)17/h6-7,9,14-15H,4,8,10H2,1-2H3. The molecule has 0 aliphatic heterocycles. The number of aliphatic hydroxyl groups is 1. The Bertz CT molecular complexity index is 771. The van der Waals surface area contributed by atoms with E-state index in [4.69, 9.17) is 5.11 Å². The number of anilines is 1. The van der Waals surface area contributed by atoms with Crippen LogP contribution < -0.4 is 4.72 Å². The maximum Gasteiger partial charge on any atom is 0.247 e. The molecule has 116 valence electrons. The minimum absolute atomic E-state index is 0.0185. The second kappa shape index (κ2) is 6.93. The molecule has 0 spiro atoms. The lowest BCUT2D eigenvalue weighted by molar-refractivity contribution is 0.305. The predicted molar refractivity (Wildman–Crippen MR) is 82.0 cm³/mol. The number of rotatable bonds is 5. The molecule has 0 atom stereocenters. The summed E-state index contributed by atoms with van der Waals surface area (Å²) in [4.78, 5) is 0. The second-order valence-electron chi connectivity index (χ2n) is 4.57. The molecule has 6 nitrogen and oxygen atoms in total. The van der Waals surface area contributed by atoms with Gasteiger partial charge in [-0.1, -0.05) is 11.8 Å². The molecule has 0 aliphatic rings. The average Bonchev–Trinajstić information content (AvgIpc) is 2.29. The normalized spacial score (nSPS) is 11.6. The fourth-order valence-corrected chi connectivity index (χ4v) is 4.61. The van der Waals surface area contributed by atoms with Crippen molar-refractivity contribution in [1.29, 1.82) is 0 Å². The van der Waals surface area contributed by atoms with Crippen molar-refractivity contribution in [1.82, 2.24) is 0 Å². The molecule has 0 fully saturated rings. The van der Waals surface area contributed by atoms with Crippen LogP contribution in [0.1, 0.15) is 17.5 Å². The monoisotopic (exact) mass is 331 g/mol. The summed E-state index contributed by atoms with van der Waals surface area (Å²) in [6.07, 6.45) is 1.22. The number of sulfonamides is 1. The van der Waals surface area contributed by atoms with Crippen molar-refractivity contribution in [3.8, 4) is 11.8 Å². The van der Waals surface area contributed by atoms with Crippen molar-refractivity contribution in [2.24, 2.45) is 0 Å². The molecule has 0 heterocycles. The summed E-state index contributed by atoms with van der Waals surface area (Å²) in [5, 5.41) is 7.67. The van der Waals surface area contributed by atoms with Gasteiger partial charge in [-0.15, -0.1) is 0 Å². The number of benzene rings is 1. The van der Waals surface area contributed by atoms with E-state index in [1.807, 2.05) is 0 Å². The molecule has 1 aromatic rings. The van der Waals surface area contributed by atoms with Crippen LogP contribution in [0, 0.1) is 18.8 Å². The lowest BCUT2D eigenvalue weighted by Gasteiger charge is -2.10. The van der Waals surface area contributed by atoms with Crippen molar-refractivity contribution in [2.75, 3.05) is 22.7 Å². The van der Waals surface area contributed by atoms with Gasteiger partial charge in [-0.3, -0.25) is 4.72 Å². The molecule has 0 aliphatic carbocycles. The maximum absolute atomic E-state index is 11.7. The number of aliphatic hydroxyl groups excluding tert-OH is 1. The Morgan fingerprint density at radius 3 is 2.43 bits per heavy atom. The molecule has 0 amide bonds. The molecule has 21 heavy (non-hydrogen) atoms. The van der Waals surface area contributed by atoms with E-state index in [2.05, 4.69) is 16.6 Å². The second-order valence-corrected chi connectivity index (χ2v) is 8.79. The van der Waals surface area contributed by atoms with Crippen LogP contribution in [0.4, 0.5) is 5.69 Å².